The van der Waals surface area contributed by atoms with Crippen LogP contribution in [-0.4, -0.2) is 16.1 Å². The molecule has 1 rings (SSSR count). The Balaban J connectivity index is 1.99. The monoisotopic (exact) mass is 181 g/mol. The number of unbranched alkanes of at least 4 members (excludes halogenated alkanes) is 2. The molecule has 3 heteroatoms. The summed E-state index contributed by atoms with van der Waals surface area (Å²) in [6.07, 6.45) is 8.10. The van der Waals surface area contributed by atoms with E-state index in [2.05, 4.69) is 11.1 Å². The van der Waals surface area contributed by atoms with Gasteiger partial charge in [-0.2, -0.15) is 0 Å². The molecule has 1 heterocycles. The normalized spacial score (nSPS) is 10.2. The number of aromatic nitrogens is 1. The number of hydrogen-bond acceptors (Lipinski definition) is 1. The van der Waals surface area contributed by atoms with E-state index < -0.39 is 5.97 Å². The lowest BCUT2D eigenvalue weighted by molar-refractivity contribution is -0.137. The summed E-state index contributed by atoms with van der Waals surface area (Å²) in [5, 5.41) is 8.39. The molecule has 3 nitrogen and oxygen atoms in total. The Kier molecular flexibility index (Phi) is 4.09. The van der Waals surface area contributed by atoms with Crippen molar-refractivity contribution in [2.24, 2.45) is 0 Å². The fraction of sp³-hybridized carbons (Fsp3) is 0.500. The fourth-order valence-electron chi connectivity index (χ4n) is 1.30. The van der Waals surface area contributed by atoms with Gasteiger partial charge in [-0.25, -0.2) is 0 Å². The van der Waals surface area contributed by atoms with Crippen molar-refractivity contribution in [3.05, 3.63) is 24.0 Å². The summed E-state index contributed by atoms with van der Waals surface area (Å²) in [5.41, 5.74) is 1.30. The van der Waals surface area contributed by atoms with Gasteiger partial charge in [0.1, 0.15) is 0 Å². The van der Waals surface area contributed by atoms with E-state index in [9.17, 15) is 4.79 Å². The zero-order valence-corrected chi connectivity index (χ0v) is 7.62. The molecule has 0 spiro atoms. The predicted octanol–water partition coefficient (Wildman–Crippen LogP) is 2.20. The SMILES string of the molecule is O=C(O)CCCCCc1cc[nH]c1. The van der Waals surface area contributed by atoms with E-state index in [-0.39, 0.29) is 0 Å². The van der Waals surface area contributed by atoms with Crippen LogP contribution in [0, 0.1) is 0 Å². The topological polar surface area (TPSA) is 53.1 Å². The number of carboxylic acid groups (broad SMARTS) is 1. The van der Waals surface area contributed by atoms with E-state index in [1.54, 1.807) is 0 Å². The van der Waals surface area contributed by atoms with E-state index in [0.717, 1.165) is 25.7 Å². The van der Waals surface area contributed by atoms with Gasteiger partial charge in [0.15, 0.2) is 0 Å². The number of carboxylic acids is 1. The second-order valence-corrected chi connectivity index (χ2v) is 3.17. The Morgan fingerprint density at radius 1 is 1.38 bits per heavy atom. The number of aromatic amines is 1. The van der Waals surface area contributed by atoms with Gasteiger partial charge in [0.05, 0.1) is 0 Å². The smallest absolute Gasteiger partial charge is 0.303 e. The highest BCUT2D eigenvalue weighted by Gasteiger charge is 1.97. The zero-order valence-electron chi connectivity index (χ0n) is 7.62. The predicted molar refractivity (Wildman–Crippen MR) is 50.6 cm³/mol. The van der Waals surface area contributed by atoms with Crippen molar-refractivity contribution in [3.63, 3.8) is 0 Å². The summed E-state index contributed by atoms with van der Waals surface area (Å²) in [4.78, 5) is 13.2. The largest absolute Gasteiger partial charge is 0.481 e. The van der Waals surface area contributed by atoms with Gasteiger partial charge in [-0.1, -0.05) is 6.42 Å². The highest BCUT2D eigenvalue weighted by Crippen LogP contribution is 2.06. The van der Waals surface area contributed by atoms with Crippen LogP contribution < -0.4 is 0 Å². The molecule has 0 bridgehead atoms. The first-order valence-electron chi connectivity index (χ1n) is 4.62. The van der Waals surface area contributed by atoms with E-state index in [0.29, 0.717) is 6.42 Å². The molecule has 0 aromatic carbocycles. The molecule has 72 valence electrons. The molecule has 1 aromatic rings. The standard InChI is InChI=1S/C10H15NO2/c12-10(13)5-3-1-2-4-9-6-7-11-8-9/h6-8,11H,1-5H2,(H,12,13). The molecular formula is C10H15NO2. The van der Waals surface area contributed by atoms with Crippen LogP contribution in [0.5, 0.6) is 0 Å². The van der Waals surface area contributed by atoms with Crippen LogP contribution >= 0.6 is 0 Å². The Bertz CT molecular complexity index is 241. The third-order valence-electron chi connectivity index (χ3n) is 2.02. The van der Waals surface area contributed by atoms with Crippen LogP contribution in [0.3, 0.4) is 0 Å². The van der Waals surface area contributed by atoms with Crippen molar-refractivity contribution < 1.29 is 9.90 Å². The van der Waals surface area contributed by atoms with Gasteiger partial charge in [-0.15, -0.1) is 0 Å². The van der Waals surface area contributed by atoms with E-state index in [4.69, 9.17) is 5.11 Å². The number of aryl methyl sites for hydroxylation is 1. The summed E-state index contributed by atoms with van der Waals surface area (Å²) in [6, 6.07) is 2.05. The summed E-state index contributed by atoms with van der Waals surface area (Å²) in [5.74, 6) is -0.693. The molecular weight excluding hydrogens is 166 g/mol. The number of H-pyrrole nitrogens is 1. The van der Waals surface area contributed by atoms with Gasteiger partial charge < -0.3 is 10.1 Å². The second kappa shape index (κ2) is 5.41. The first kappa shape index (κ1) is 9.84. The number of aliphatic carboxylic acids is 1. The summed E-state index contributed by atoms with van der Waals surface area (Å²) < 4.78 is 0. The summed E-state index contributed by atoms with van der Waals surface area (Å²) >= 11 is 0. The van der Waals surface area contributed by atoms with Crippen molar-refractivity contribution in [2.45, 2.75) is 32.1 Å². The highest BCUT2D eigenvalue weighted by molar-refractivity contribution is 5.66. The first-order valence-corrected chi connectivity index (χ1v) is 4.62. The quantitative estimate of drug-likeness (QED) is 0.661. The van der Waals surface area contributed by atoms with Crippen molar-refractivity contribution in [3.8, 4) is 0 Å². The summed E-state index contributed by atoms with van der Waals surface area (Å²) in [6.45, 7) is 0. The Hall–Kier alpha value is -1.25. The lowest BCUT2D eigenvalue weighted by Crippen LogP contribution is -1.93. The van der Waals surface area contributed by atoms with Crippen molar-refractivity contribution in [1.82, 2.24) is 4.98 Å². The maximum atomic E-state index is 10.2. The number of rotatable bonds is 6. The maximum absolute atomic E-state index is 10.2. The summed E-state index contributed by atoms with van der Waals surface area (Å²) in [7, 11) is 0. The van der Waals surface area contributed by atoms with Crippen LogP contribution in [0.25, 0.3) is 0 Å². The van der Waals surface area contributed by atoms with Gasteiger partial charge in [0.2, 0.25) is 0 Å². The molecule has 0 atom stereocenters. The van der Waals surface area contributed by atoms with Crippen LogP contribution in [-0.2, 0) is 11.2 Å². The maximum Gasteiger partial charge on any atom is 0.303 e. The Morgan fingerprint density at radius 2 is 2.23 bits per heavy atom. The van der Waals surface area contributed by atoms with E-state index in [1.807, 2.05) is 12.4 Å². The fourth-order valence-corrected chi connectivity index (χ4v) is 1.30. The van der Waals surface area contributed by atoms with E-state index >= 15 is 0 Å². The lowest BCUT2D eigenvalue weighted by atomic mass is 10.1. The highest BCUT2D eigenvalue weighted by atomic mass is 16.4. The minimum absolute atomic E-state index is 0.299. The molecule has 0 unspecified atom stereocenters. The molecule has 2 N–H and O–H groups in total. The number of carbonyl (C=O) groups is 1. The molecule has 0 saturated carbocycles. The molecule has 0 fully saturated rings. The number of hydrogen-bond donors (Lipinski definition) is 2. The third-order valence-corrected chi connectivity index (χ3v) is 2.02. The molecule has 0 aliphatic carbocycles. The third kappa shape index (κ3) is 4.35. The molecule has 1 aromatic heterocycles. The van der Waals surface area contributed by atoms with Gasteiger partial charge in [-0.05, 0) is 30.9 Å². The lowest BCUT2D eigenvalue weighted by Gasteiger charge is -1.97. The van der Waals surface area contributed by atoms with Crippen molar-refractivity contribution in [2.75, 3.05) is 0 Å². The van der Waals surface area contributed by atoms with Crippen LogP contribution in [0.15, 0.2) is 18.5 Å². The van der Waals surface area contributed by atoms with Gasteiger partial charge in [0, 0.05) is 18.8 Å². The van der Waals surface area contributed by atoms with Gasteiger partial charge >= 0.3 is 5.97 Å². The minimum Gasteiger partial charge on any atom is -0.481 e. The van der Waals surface area contributed by atoms with Gasteiger partial charge in [0.25, 0.3) is 0 Å². The molecule has 0 aliphatic heterocycles. The molecule has 0 radical (unpaired) electrons. The first-order chi connectivity index (χ1) is 6.29. The molecule has 13 heavy (non-hydrogen) atoms. The van der Waals surface area contributed by atoms with Gasteiger partial charge in [-0.3, -0.25) is 4.79 Å². The molecule has 0 amide bonds. The average molecular weight is 181 g/mol. The Morgan fingerprint density at radius 3 is 2.85 bits per heavy atom. The molecule has 0 saturated heterocycles. The van der Waals surface area contributed by atoms with Crippen LogP contribution in [0.2, 0.25) is 0 Å². The molecule has 0 aliphatic rings. The van der Waals surface area contributed by atoms with Crippen LogP contribution in [0.1, 0.15) is 31.2 Å². The Labute approximate surface area is 77.8 Å². The second-order valence-electron chi connectivity index (χ2n) is 3.17. The van der Waals surface area contributed by atoms with E-state index in [1.165, 1.54) is 5.56 Å². The minimum atomic E-state index is -0.693. The van der Waals surface area contributed by atoms with Crippen molar-refractivity contribution >= 4 is 5.97 Å². The number of nitrogens with one attached hydrogen (secondary N) is 1. The van der Waals surface area contributed by atoms with Crippen LogP contribution in [0.4, 0.5) is 0 Å². The van der Waals surface area contributed by atoms with Crippen molar-refractivity contribution in [1.29, 1.82) is 0 Å². The zero-order chi connectivity index (χ0) is 9.52. The average Bonchev–Trinajstić information content (AvgIpc) is 2.55.